The Bertz CT molecular complexity index is 217. The quantitative estimate of drug-likeness (QED) is 0.645. The molecular weight excluding hydrogens is 220 g/mol. The molecule has 1 aromatic rings. The lowest BCUT2D eigenvalue weighted by Crippen LogP contribution is -2.01. The fraction of sp³-hybridized carbons (Fsp3) is 0.556. The lowest BCUT2D eigenvalue weighted by atomic mass is 10.1. The van der Waals surface area contributed by atoms with Crippen molar-refractivity contribution in [3.8, 4) is 0 Å². The molecule has 0 amide bonds. The van der Waals surface area contributed by atoms with Crippen LogP contribution in [0.4, 0.5) is 0 Å². The van der Waals surface area contributed by atoms with Gasteiger partial charge in [0.2, 0.25) is 0 Å². The predicted molar refractivity (Wildman–Crippen MR) is 53.6 cm³/mol. The van der Waals surface area contributed by atoms with Crippen LogP contribution in [0.25, 0.3) is 0 Å². The van der Waals surface area contributed by atoms with E-state index in [1.54, 1.807) is 4.88 Å². The highest BCUT2D eigenvalue weighted by Crippen LogP contribution is 2.40. The summed E-state index contributed by atoms with van der Waals surface area (Å²) in [5, 5.41) is 2.17. The van der Waals surface area contributed by atoms with Gasteiger partial charge in [0.05, 0.1) is 0 Å². The van der Waals surface area contributed by atoms with Crippen LogP contribution in [0.3, 0.4) is 0 Å². The van der Waals surface area contributed by atoms with Gasteiger partial charge in [0.15, 0.2) is 0 Å². The van der Waals surface area contributed by atoms with Crippen molar-refractivity contribution in [2.45, 2.75) is 30.0 Å². The summed E-state index contributed by atoms with van der Waals surface area (Å²) in [6.45, 7) is 0. The van der Waals surface area contributed by atoms with Crippen LogP contribution in [0.2, 0.25) is 0 Å². The van der Waals surface area contributed by atoms with E-state index in [0.29, 0.717) is 0 Å². The molecule has 2 atom stereocenters. The molecule has 0 radical (unpaired) electrons. The molecule has 1 aromatic heterocycles. The summed E-state index contributed by atoms with van der Waals surface area (Å²) in [7, 11) is 0. The second kappa shape index (κ2) is 3.28. The SMILES string of the molecule is BrC1CCCC1c1cccs1. The number of thiophene rings is 1. The monoisotopic (exact) mass is 230 g/mol. The maximum absolute atomic E-state index is 3.73. The van der Waals surface area contributed by atoms with Gasteiger partial charge in [-0.15, -0.1) is 11.3 Å². The molecule has 2 unspecified atom stereocenters. The van der Waals surface area contributed by atoms with Crippen molar-refractivity contribution in [3.63, 3.8) is 0 Å². The summed E-state index contributed by atoms with van der Waals surface area (Å²) in [5.74, 6) is 0.801. The van der Waals surface area contributed by atoms with Crippen molar-refractivity contribution >= 4 is 27.3 Å². The van der Waals surface area contributed by atoms with Crippen LogP contribution in [-0.2, 0) is 0 Å². The van der Waals surface area contributed by atoms with Crippen LogP contribution in [0.5, 0.6) is 0 Å². The van der Waals surface area contributed by atoms with Crippen molar-refractivity contribution in [1.29, 1.82) is 0 Å². The van der Waals surface area contributed by atoms with Gasteiger partial charge in [-0.1, -0.05) is 28.4 Å². The molecule has 2 heteroatoms. The average Bonchev–Trinajstić information content (AvgIpc) is 2.55. The van der Waals surface area contributed by atoms with E-state index in [1.165, 1.54) is 19.3 Å². The van der Waals surface area contributed by atoms with Gasteiger partial charge in [-0.2, -0.15) is 0 Å². The molecule has 0 spiro atoms. The molecule has 1 fully saturated rings. The van der Waals surface area contributed by atoms with Crippen molar-refractivity contribution in [2.24, 2.45) is 0 Å². The zero-order valence-corrected chi connectivity index (χ0v) is 8.70. The Morgan fingerprint density at radius 1 is 1.45 bits per heavy atom. The number of halogens is 1. The summed E-state index contributed by atoms with van der Waals surface area (Å²) >= 11 is 5.63. The van der Waals surface area contributed by atoms with E-state index in [0.717, 1.165) is 10.7 Å². The predicted octanol–water partition coefficient (Wildman–Crippen LogP) is 3.78. The smallest absolute Gasteiger partial charge is 0.0222 e. The number of alkyl halides is 1. The minimum atomic E-state index is 0.737. The zero-order chi connectivity index (χ0) is 7.68. The first-order valence-corrected chi connectivity index (χ1v) is 5.85. The summed E-state index contributed by atoms with van der Waals surface area (Å²) in [5.41, 5.74) is 0. The van der Waals surface area contributed by atoms with Crippen LogP contribution >= 0.6 is 27.3 Å². The van der Waals surface area contributed by atoms with Gasteiger partial charge in [0, 0.05) is 15.6 Å². The Morgan fingerprint density at radius 2 is 2.36 bits per heavy atom. The zero-order valence-electron chi connectivity index (χ0n) is 6.29. The fourth-order valence-electron chi connectivity index (χ4n) is 1.74. The molecule has 60 valence electrons. The molecule has 0 saturated heterocycles. The highest BCUT2D eigenvalue weighted by molar-refractivity contribution is 9.09. The third-order valence-electron chi connectivity index (χ3n) is 2.34. The number of rotatable bonds is 1. The van der Waals surface area contributed by atoms with Crippen LogP contribution in [-0.4, -0.2) is 4.83 Å². The Kier molecular flexibility index (Phi) is 2.33. The highest BCUT2D eigenvalue weighted by atomic mass is 79.9. The van der Waals surface area contributed by atoms with Crippen LogP contribution < -0.4 is 0 Å². The molecule has 11 heavy (non-hydrogen) atoms. The summed E-state index contributed by atoms with van der Waals surface area (Å²) in [6.07, 6.45) is 4.11. The summed E-state index contributed by atoms with van der Waals surface area (Å²) in [6, 6.07) is 4.41. The molecule has 0 nitrogen and oxygen atoms in total. The Labute approximate surface area is 79.8 Å². The van der Waals surface area contributed by atoms with E-state index in [-0.39, 0.29) is 0 Å². The Balaban J connectivity index is 2.16. The van der Waals surface area contributed by atoms with E-state index in [4.69, 9.17) is 0 Å². The third-order valence-corrected chi connectivity index (χ3v) is 4.44. The number of hydrogen-bond donors (Lipinski definition) is 0. The van der Waals surface area contributed by atoms with Gasteiger partial charge in [0.25, 0.3) is 0 Å². The first-order valence-electron chi connectivity index (χ1n) is 4.05. The molecule has 0 aliphatic heterocycles. The van der Waals surface area contributed by atoms with Crippen LogP contribution in [0.1, 0.15) is 30.1 Å². The van der Waals surface area contributed by atoms with Gasteiger partial charge in [0.1, 0.15) is 0 Å². The largest absolute Gasteiger partial charge is 0.149 e. The Morgan fingerprint density at radius 3 is 2.91 bits per heavy atom. The highest BCUT2D eigenvalue weighted by Gasteiger charge is 2.26. The Hall–Kier alpha value is 0.180. The standard InChI is InChI=1S/C9H11BrS/c10-8-4-1-3-7(8)9-5-2-6-11-9/h2,5-8H,1,3-4H2. The molecule has 0 N–H and O–H groups in total. The fourth-order valence-corrected chi connectivity index (χ4v) is 3.71. The van der Waals surface area contributed by atoms with Gasteiger partial charge in [-0.25, -0.2) is 0 Å². The molecule has 1 saturated carbocycles. The first-order chi connectivity index (χ1) is 5.38. The molecular formula is C9H11BrS. The van der Waals surface area contributed by atoms with E-state index in [9.17, 15) is 0 Å². The molecule has 0 aromatic carbocycles. The van der Waals surface area contributed by atoms with E-state index in [2.05, 4.69) is 33.4 Å². The molecule has 1 heterocycles. The molecule has 1 aliphatic rings. The van der Waals surface area contributed by atoms with Gasteiger partial charge in [-0.3, -0.25) is 0 Å². The van der Waals surface area contributed by atoms with E-state index >= 15 is 0 Å². The summed E-state index contributed by atoms with van der Waals surface area (Å²) in [4.78, 5) is 2.30. The van der Waals surface area contributed by atoms with Crippen molar-refractivity contribution < 1.29 is 0 Å². The molecule has 1 aliphatic carbocycles. The van der Waals surface area contributed by atoms with Gasteiger partial charge in [-0.05, 0) is 24.3 Å². The average molecular weight is 231 g/mol. The third kappa shape index (κ3) is 1.52. The number of hydrogen-bond acceptors (Lipinski definition) is 1. The molecule has 0 bridgehead atoms. The van der Waals surface area contributed by atoms with Gasteiger partial charge >= 0.3 is 0 Å². The second-order valence-corrected chi connectivity index (χ2v) is 5.22. The van der Waals surface area contributed by atoms with E-state index in [1.807, 2.05) is 11.3 Å². The lowest BCUT2D eigenvalue weighted by Gasteiger charge is -2.10. The van der Waals surface area contributed by atoms with Crippen molar-refractivity contribution in [2.75, 3.05) is 0 Å². The normalized spacial score (nSPS) is 31.0. The summed E-state index contributed by atoms with van der Waals surface area (Å²) < 4.78 is 0. The topological polar surface area (TPSA) is 0 Å². The minimum absolute atomic E-state index is 0.737. The first kappa shape index (κ1) is 7.81. The van der Waals surface area contributed by atoms with Crippen LogP contribution in [0.15, 0.2) is 17.5 Å². The second-order valence-electron chi connectivity index (χ2n) is 3.07. The van der Waals surface area contributed by atoms with Gasteiger partial charge < -0.3 is 0 Å². The minimum Gasteiger partial charge on any atom is -0.149 e. The van der Waals surface area contributed by atoms with E-state index < -0.39 is 0 Å². The maximum Gasteiger partial charge on any atom is 0.0222 e. The van der Waals surface area contributed by atoms with Crippen molar-refractivity contribution in [1.82, 2.24) is 0 Å². The van der Waals surface area contributed by atoms with Crippen LogP contribution in [0, 0.1) is 0 Å². The van der Waals surface area contributed by atoms with Crippen molar-refractivity contribution in [3.05, 3.63) is 22.4 Å². The maximum atomic E-state index is 3.73. The molecule has 2 rings (SSSR count). The lowest BCUT2D eigenvalue weighted by molar-refractivity contribution is 0.758.